The summed E-state index contributed by atoms with van der Waals surface area (Å²) in [5.41, 5.74) is 5.32. The maximum Gasteiger partial charge on any atom is 0.418 e. The molecule has 3 aromatic carbocycles. The van der Waals surface area contributed by atoms with Gasteiger partial charge < -0.3 is 40.3 Å². The number of hydrogen-bond acceptors (Lipinski definition) is 10. The number of carbonyl (C=O) groups excluding carboxylic acids is 2. The van der Waals surface area contributed by atoms with Crippen molar-refractivity contribution in [2.45, 2.75) is 77.4 Å². The van der Waals surface area contributed by atoms with Crippen LogP contribution in [0.1, 0.15) is 70.8 Å². The Morgan fingerprint density at radius 1 is 0.860 bits per heavy atom. The van der Waals surface area contributed by atoms with Crippen LogP contribution in [0, 0.1) is 0 Å². The molecule has 0 spiro atoms. The molecule has 1 aromatic heterocycles. The molecule has 2 aliphatic heterocycles. The predicted octanol–water partition coefficient (Wildman–Crippen LogP) is 8.96. The molecule has 2 aliphatic rings. The zero-order chi connectivity index (χ0) is 41.6. The summed E-state index contributed by atoms with van der Waals surface area (Å²) in [7, 11) is 4.99. The van der Waals surface area contributed by atoms with E-state index < -0.39 is 11.7 Å². The van der Waals surface area contributed by atoms with E-state index in [0.29, 0.717) is 65.6 Å². The minimum absolute atomic E-state index is 0.210. The number of piperidine rings is 2. The van der Waals surface area contributed by atoms with Crippen LogP contribution in [0.15, 0.2) is 66.9 Å². The highest BCUT2D eigenvalue weighted by atomic mass is 19.4. The van der Waals surface area contributed by atoms with Gasteiger partial charge in [-0.1, -0.05) is 45.6 Å². The first-order chi connectivity index (χ1) is 27.5. The van der Waals surface area contributed by atoms with Gasteiger partial charge in [0.1, 0.15) is 17.8 Å². The second-order valence-electron chi connectivity index (χ2n) is 13.6. The van der Waals surface area contributed by atoms with Crippen LogP contribution in [-0.4, -0.2) is 82.6 Å². The van der Waals surface area contributed by atoms with Gasteiger partial charge in [-0.25, -0.2) is 0 Å². The average molecular weight is 797 g/mol. The average Bonchev–Trinajstić information content (AvgIpc) is 3.22. The summed E-state index contributed by atoms with van der Waals surface area (Å²) in [6.45, 7) is 8.46. The van der Waals surface area contributed by atoms with E-state index in [0.717, 1.165) is 37.6 Å². The Hall–Kier alpha value is -5.08. The number of anilines is 3. The molecule has 4 N–H and O–H groups in total. The molecule has 0 radical (unpaired) electrons. The molecular weight excluding hydrogens is 738 g/mol. The van der Waals surface area contributed by atoms with Gasteiger partial charge in [0.25, 0.3) is 0 Å². The lowest BCUT2D eigenvalue weighted by Gasteiger charge is -2.35. The van der Waals surface area contributed by atoms with Gasteiger partial charge in [-0.15, -0.1) is 0 Å². The van der Waals surface area contributed by atoms with E-state index in [1.807, 2.05) is 11.9 Å². The molecule has 14 heteroatoms. The van der Waals surface area contributed by atoms with E-state index in [1.54, 1.807) is 75.0 Å². The first kappa shape index (κ1) is 46.3. The molecule has 6 rings (SSSR count). The molecular formula is C43H59F3N6O5. The fourth-order valence-corrected chi connectivity index (χ4v) is 6.59. The van der Waals surface area contributed by atoms with E-state index >= 15 is 0 Å². The Labute approximate surface area is 335 Å². The smallest absolute Gasteiger partial charge is 0.418 e. The standard InChI is InChI=1S/C30H31F3N4O3.C7H13NO.C5H12.CH3NO/c1-34-19-10-13-37(14-11-19)26-8-7-21(16-24(26)30(31,32)33)36-20-5-4-6-22(15-20)40-27-9-12-35-25-18-29(39-3)28(38-2)17-23(25)27;9-7-6-8-4-2-1-3-5-8;1-3-5-4-2;2-1-3/h4-9,12,15-19,34,36H,10-11,13-14H2,1-3H3;7H,1-6H2;3-5H2,1-2H3;1H,(H2,2,3). The van der Waals surface area contributed by atoms with Crippen LogP contribution in [-0.2, 0) is 15.8 Å². The normalized spacial score (nSPS) is 14.4. The van der Waals surface area contributed by atoms with Gasteiger partial charge >= 0.3 is 6.18 Å². The Morgan fingerprint density at radius 3 is 2.09 bits per heavy atom. The van der Waals surface area contributed by atoms with Gasteiger partial charge in [-0.3, -0.25) is 14.7 Å². The number of likely N-dealkylation sites (tertiary alicyclic amines) is 1. The number of nitrogens with two attached hydrogens (primary N) is 1. The lowest BCUT2D eigenvalue weighted by molar-refractivity contribution is -0.137. The van der Waals surface area contributed by atoms with E-state index in [-0.39, 0.29) is 12.1 Å². The Morgan fingerprint density at radius 2 is 1.51 bits per heavy atom. The summed E-state index contributed by atoms with van der Waals surface area (Å²) in [5, 5.41) is 7.04. The quantitative estimate of drug-likeness (QED) is 0.120. The van der Waals surface area contributed by atoms with Gasteiger partial charge in [-0.05, 0) is 88.3 Å². The Balaban J connectivity index is 0.000000426. The fraction of sp³-hybridized carbons (Fsp3) is 0.465. The van der Waals surface area contributed by atoms with Crippen molar-refractivity contribution >= 4 is 40.7 Å². The summed E-state index contributed by atoms with van der Waals surface area (Å²) in [6, 6.07) is 17.1. The second-order valence-corrected chi connectivity index (χ2v) is 13.6. The molecule has 11 nitrogen and oxygen atoms in total. The number of alkyl halides is 3. The number of carbonyl (C=O) groups is 2. The van der Waals surface area contributed by atoms with Crippen LogP contribution >= 0.6 is 0 Å². The number of unbranched alkanes of at least 4 members (excludes halogenated alkanes) is 2. The largest absolute Gasteiger partial charge is 0.493 e. The molecule has 0 bridgehead atoms. The molecule has 0 saturated carbocycles. The minimum atomic E-state index is -4.48. The Bertz CT molecular complexity index is 1800. The van der Waals surface area contributed by atoms with Crippen molar-refractivity contribution in [3.63, 3.8) is 0 Å². The summed E-state index contributed by atoms with van der Waals surface area (Å²) >= 11 is 0. The van der Waals surface area contributed by atoms with Crippen molar-refractivity contribution in [3.05, 3.63) is 72.4 Å². The van der Waals surface area contributed by atoms with Crippen LogP contribution in [0.5, 0.6) is 23.0 Å². The van der Waals surface area contributed by atoms with Gasteiger partial charge in [-0.2, -0.15) is 13.2 Å². The fourth-order valence-electron chi connectivity index (χ4n) is 6.59. The molecule has 57 heavy (non-hydrogen) atoms. The maximum absolute atomic E-state index is 14.1. The van der Waals surface area contributed by atoms with Crippen molar-refractivity contribution in [1.82, 2.24) is 15.2 Å². The highest BCUT2D eigenvalue weighted by Crippen LogP contribution is 2.41. The summed E-state index contributed by atoms with van der Waals surface area (Å²) in [5.74, 6) is 2.15. The number of halogens is 3. The number of hydrogen-bond donors (Lipinski definition) is 3. The van der Waals surface area contributed by atoms with Gasteiger partial charge in [0.05, 0.1) is 31.8 Å². The topological polar surface area (TPSA) is 131 Å². The highest BCUT2D eigenvalue weighted by molar-refractivity contribution is 5.88. The van der Waals surface area contributed by atoms with E-state index in [2.05, 4.69) is 40.1 Å². The summed E-state index contributed by atoms with van der Waals surface area (Å²) in [6.07, 6.45) is 7.95. The van der Waals surface area contributed by atoms with Crippen molar-refractivity contribution < 1.29 is 37.0 Å². The number of amides is 1. The zero-order valence-corrected chi connectivity index (χ0v) is 33.9. The van der Waals surface area contributed by atoms with Crippen molar-refractivity contribution in [2.24, 2.45) is 5.73 Å². The van der Waals surface area contributed by atoms with Crippen molar-refractivity contribution in [3.8, 4) is 23.0 Å². The molecule has 4 aromatic rings. The van der Waals surface area contributed by atoms with Crippen molar-refractivity contribution in [2.75, 3.05) is 64.2 Å². The van der Waals surface area contributed by atoms with Crippen molar-refractivity contribution in [1.29, 1.82) is 0 Å². The predicted molar refractivity (Wildman–Crippen MR) is 222 cm³/mol. The first-order valence-corrected chi connectivity index (χ1v) is 19.6. The number of benzene rings is 3. The number of nitrogens with one attached hydrogen (secondary N) is 2. The lowest BCUT2D eigenvalue weighted by Crippen LogP contribution is -2.41. The van der Waals surface area contributed by atoms with Crippen LogP contribution in [0.3, 0.4) is 0 Å². The second kappa shape index (κ2) is 24.5. The number of nitrogens with zero attached hydrogens (tertiary/aromatic N) is 3. The molecule has 0 unspecified atom stereocenters. The van der Waals surface area contributed by atoms with Gasteiger partial charge in [0.15, 0.2) is 11.5 Å². The van der Waals surface area contributed by atoms with E-state index in [1.165, 1.54) is 44.6 Å². The number of primary amides is 1. The molecule has 0 atom stereocenters. The van der Waals surface area contributed by atoms with E-state index in [9.17, 15) is 18.0 Å². The third kappa shape index (κ3) is 14.7. The number of pyridine rings is 1. The van der Waals surface area contributed by atoms with Crippen LogP contribution < -0.4 is 35.5 Å². The monoisotopic (exact) mass is 796 g/mol. The minimum Gasteiger partial charge on any atom is -0.493 e. The van der Waals surface area contributed by atoms with E-state index in [4.69, 9.17) is 19.0 Å². The highest BCUT2D eigenvalue weighted by Gasteiger charge is 2.36. The number of fused-ring (bicyclic) bond motifs is 1. The third-order valence-electron chi connectivity index (χ3n) is 9.59. The molecule has 2 fully saturated rings. The van der Waals surface area contributed by atoms with Gasteiger partial charge in [0.2, 0.25) is 6.41 Å². The molecule has 0 aliphatic carbocycles. The van der Waals surface area contributed by atoms with Gasteiger partial charge in [0, 0.05) is 59.9 Å². The van der Waals surface area contributed by atoms with Crippen LogP contribution in [0.2, 0.25) is 0 Å². The third-order valence-corrected chi connectivity index (χ3v) is 9.59. The molecule has 1 amide bonds. The number of ether oxygens (including phenoxy) is 3. The molecule has 3 heterocycles. The zero-order valence-electron chi connectivity index (χ0n) is 33.9. The summed E-state index contributed by atoms with van der Waals surface area (Å²) in [4.78, 5) is 27.0. The van der Waals surface area contributed by atoms with Crippen LogP contribution in [0.25, 0.3) is 10.9 Å². The number of methoxy groups -OCH3 is 2. The number of rotatable bonds is 12. The molecule has 312 valence electrons. The summed E-state index contributed by atoms with van der Waals surface area (Å²) < 4.78 is 59.2. The van der Waals surface area contributed by atoms with Crippen LogP contribution in [0.4, 0.5) is 30.2 Å². The Kier molecular flexibility index (Phi) is 19.9. The lowest BCUT2D eigenvalue weighted by atomic mass is 10.0. The first-order valence-electron chi connectivity index (χ1n) is 19.6. The maximum atomic E-state index is 14.1. The number of aromatic nitrogens is 1. The SMILES string of the molecule is CCCCC.CNC1CCN(c2ccc(Nc3cccc(Oc4ccnc5cc(OC)c(OC)cc45)c3)cc2C(F)(F)F)CC1.NC=O.O=CCN1CCCCC1. The molecule has 2 saturated heterocycles. The number of aldehydes is 1.